The molecular formula is C13H29N3O2S2. The fourth-order valence-corrected chi connectivity index (χ4v) is 4.57. The van der Waals surface area contributed by atoms with E-state index >= 15 is 0 Å². The van der Waals surface area contributed by atoms with Gasteiger partial charge in [-0.1, -0.05) is 12.8 Å². The Morgan fingerprint density at radius 1 is 1.25 bits per heavy atom. The van der Waals surface area contributed by atoms with Gasteiger partial charge in [-0.15, -0.1) is 0 Å². The summed E-state index contributed by atoms with van der Waals surface area (Å²) in [6, 6.07) is 0.0998. The quantitative estimate of drug-likeness (QED) is 0.597. The van der Waals surface area contributed by atoms with E-state index in [-0.39, 0.29) is 6.04 Å². The van der Waals surface area contributed by atoms with Crippen molar-refractivity contribution in [1.82, 2.24) is 14.3 Å². The van der Waals surface area contributed by atoms with E-state index in [4.69, 9.17) is 0 Å². The van der Waals surface area contributed by atoms with Gasteiger partial charge in [-0.25, -0.2) is 4.72 Å². The van der Waals surface area contributed by atoms with Crippen LogP contribution in [0, 0.1) is 0 Å². The van der Waals surface area contributed by atoms with Crippen LogP contribution >= 0.6 is 11.8 Å². The van der Waals surface area contributed by atoms with Gasteiger partial charge in [0.2, 0.25) is 0 Å². The van der Waals surface area contributed by atoms with E-state index in [0.717, 1.165) is 50.8 Å². The maximum absolute atomic E-state index is 12.3. The molecule has 0 aromatic rings. The molecule has 1 atom stereocenters. The van der Waals surface area contributed by atoms with Crippen LogP contribution in [0.5, 0.6) is 0 Å². The van der Waals surface area contributed by atoms with Gasteiger partial charge in [-0.3, -0.25) is 0 Å². The van der Waals surface area contributed by atoms with Crippen molar-refractivity contribution in [2.45, 2.75) is 44.6 Å². The molecule has 7 heteroatoms. The van der Waals surface area contributed by atoms with Gasteiger partial charge in [-0.2, -0.15) is 24.5 Å². The zero-order valence-electron chi connectivity index (χ0n) is 12.7. The highest BCUT2D eigenvalue weighted by Crippen LogP contribution is 2.19. The van der Waals surface area contributed by atoms with Crippen LogP contribution in [0.3, 0.4) is 0 Å². The number of hydrogen-bond acceptors (Lipinski definition) is 4. The number of nitrogens with one attached hydrogen (secondary N) is 2. The molecule has 0 saturated carbocycles. The topological polar surface area (TPSA) is 61.4 Å². The molecule has 1 aliphatic heterocycles. The van der Waals surface area contributed by atoms with Crippen LogP contribution in [-0.4, -0.2) is 57.5 Å². The first kappa shape index (κ1) is 18.2. The van der Waals surface area contributed by atoms with E-state index in [0.29, 0.717) is 13.1 Å². The van der Waals surface area contributed by atoms with E-state index in [2.05, 4.69) is 16.3 Å². The lowest BCUT2D eigenvalue weighted by Crippen LogP contribution is -2.52. The zero-order valence-corrected chi connectivity index (χ0v) is 14.4. The summed E-state index contributed by atoms with van der Waals surface area (Å²) >= 11 is 1.84. The lowest BCUT2D eigenvalue weighted by atomic mass is 10.1. The molecule has 0 amide bonds. The molecule has 0 bridgehead atoms. The van der Waals surface area contributed by atoms with Gasteiger partial charge in [-0.05, 0) is 44.7 Å². The molecule has 1 heterocycles. The largest absolute Gasteiger partial charge is 0.318 e. The molecule has 1 aliphatic rings. The minimum absolute atomic E-state index is 0.0998. The van der Waals surface area contributed by atoms with E-state index in [9.17, 15) is 8.42 Å². The Morgan fingerprint density at radius 3 is 2.75 bits per heavy atom. The number of likely N-dealkylation sites (N-methyl/N-ethyl adjacent to an activating group) is 1. The Hall–Kier alpha value is 0.180. The van der Waals surface area contributed by atoms with Gasteiger partial charge in [0.05, 0.1) is 0 Å². The van der Waals surface area contributed by atoms with E-state index in [1.54, 1.807) is 4.31 Å². The van der Waals surface area contributed by atoms with Crippen molar-refractivity contribution >= 4 is 22.0 Å². The number of nitrogens with zero attached hydrogens (tertiary/aromatic N) is 1. The summed E-state index contributed by atoms with van der Waals surface area (Å²) in [7, 11) is -1.44. The number of hydrogen-bond donors (Lipinski definition) is 2. The monoisotopic (exact) mass is 323 g/mol. The van der Waals surface area contributed by atoms with Gasteiger partial charge in [0, 0.05) is 25.7 Å². The molecular weight excluding hydrogens is 294 g/mol. The molecule has 0 radical (unpaired) electrons. The smallest absolute Gasteiger partial charge is 0.279 e. The van der Waals surface area contributed by atoms with Crippen LogP contribution in [0.15, 0.2) is 0 Å². The van der Waals surface area contributed by atoms with Crippen LogP contribution in [0.25, 0.3) is 0 Å². The summed E-state index contributed by atoms with van der Waals surface area (Å²) in [6.45, 7) is 1.93. The molecule has 5 nitrogen and oxygen atoms in total. The highest BCUT2D eigenvalue weighted by Gasteiger charge is 2.31. The Morgan fingerprint density at radius 2 is 2.05 bits per heavy atom. The first-order chi connectivity index (χ1) is 9.61. The number of unbranched alkanes of at least 4 members (excludes halogenated alkanes) is 2. The Bertz CT molecular complexity index is 348. The molecule has 0 spiro atoms. The summed E-state index contributed by atoms with van der Waals surface area (Å²) in [4.78, 5) is 0. The highest BCUT2D eigenvalue weighted by atomic mass is 32.2. The summed E-state index contributed by atoms with van der Waals surface area (Å²) in [5.74, 6) is 1.16. The predicted molar refractivity (Wildman–Crippen MR) is 87.4 cm³/mol. The number of piperidine rings is 1. The van der Waals surface area contributed by atoms with Gasteiger partial charge in [0.15, 0.2) is 0 Å². The van der Waals surface area contributed by atoms with E-state index in [1.165, 1.54) is 0 Å². The van der Waals surface area contributed by atoms with E-state index < -0.39 is 10.2 Å². The van der Waals surface area contributed by atoms with Crippen molar-refractivity contribution in [3.05, 3.63) is 0 Å². The summed E-state index contributed by atoms with van der Waals surface area (Å²) in [5.41, 5.74) is 0. The van der Waals surface area contributed by atoms with Crippen molar-refractivity contribution in [3.63, 3.8) is 0 Å². The molecule has 0 aromatic heterocycles. The van der Waals surface area contributed by atoms with Gasteiger partial charge in [0.25, 0.3) is 10.2 Å². The first-order valence-corrected chi connectivity index (χ1v) is 10.3. The Labute approximate surface area is 128 Å². The molecule has 1 unspecified atom stereocenters. The van der Waals surface area contributed by atoms with Crippen LogP contribution in [0.4, 0.5) is 0 Å². The third-order valence-corrected chi connectivity index (χ3v) is 6.00. The second kappa shape index (κ2) is 10.00. The zero-order chi connectivity index (χ0) is 14.8. The molecule has 1 rings (SSSR count). The lowest BCUT2D eigenvalue weighted by Gasteiger charge is -2.34. The number of rotatable bonds is 10. The third-order valence-electron chi connectivity index (χ3n) is 3.63. The summed E-state index contributed by atoms with van der Waals surface area (Å²) in [6.07, 6.45) is 8.31. The van der Waals surface area contributed by atoms with Crippen molar-refractivity contribution < 1.29 is 8.42 Å². The summed E-state index contributed by atoms with van der Waals surface area (Å²) in [5, 5.41) is 3.09. The van der Waals surface area contributed by atoms with Gasteiger partial charge < -0.3 is 5.32 Å². The SMILES string of the molecule is CNCC1CCCCN1S(=O)(=O)NCCCCCSC. The first-order valence-electron chi connectivity index (χ1n) is 7.51. The molecule has 2 N–H and O–H groups in total. The fourth-order valence-electron chi connectivity index (χ4n) is 2.56. The molecule has 0 aliphatic carbocycles. The number of thioether (sulfide) groups is 1. The van der Waals surface area contributed by atoms with Crippen molar-refractivity contribution in [1.29, 1.82) is 0 Å². The Kier molecular flexibility index (Phi) is 9.11. The van der Waals surface area contributed by atoms with Crippen LogP contribution in [0.2, 0.25) is 0 Å². The van der Waals surface area contributed by atoms with Crippen LogP contribution in [0.1, 0.15) is 38.5 Å². The maximum atomic E-state index is 12.3. The molecule has 1 fully saturated rings. The second-order valence-electron chi connectivity index (χ2n) is 5.27. The van der Waals surface area contributed by atoms with Crippen molar-refractivity contribution in [3.8, 4) is 0 Å². The molecule has 1 saturated heterocycles. The van der Waals surface area contributed by atoms with E-state index in [1.807, 2.05) is 18.8 Å². The Balaban J connectivity index is 2.37. The molecule has 20 heavy (non-hydrogen) atoms. The molecule has 120 valence electrons. The predicted octanol–water partition coefficient (Wildman–Crippen LogP) is 1.43. The average Bonchev–Trinajstić information content (AvgIpc) is 2.43. The van der Waals surface area contributed by atoms with Crippen molar-refractivity contribution in [2.24, 2.45) is 0 Å². The van der Waals surface area contributed by atoms with Crippen LogP contribution < -0.4 is 10.0 Å². The third kappa shape index (κ3) is 6.30. The summed E-state index contributed by atoms with van der Waals surface area (Å²) < 4.78 is 29.1. The average molecular weight is 324 g/mol. The standard InChI is InChI=1S/C13H29N3O2S2/c1-14-12-13-8-4-6-10-16(13)20(17,18)15-9-5-3-7-11-19-2/h13-15H,3-12H2,1-2H3. The van der Waals surface area contributed by atoms with Gasteiger partial charge >= 0.3 is 0 Å². The normalized spacial score (nSPS) is 21.2. The maximum Gasteiger partial charge on any atom is 0.279 e. The highest BCUT2D eigenvalue weighted by molar-refractivity contribution is 7.98. The van der Waals surface area contributed by atoms with Crippen LogP contribution in [-0.2, 0) is 10.2 Å². The second-order valence-corrected chi connectivity index (χ2v) is 7.96. The minimum atomic E-state index is -3.31. The molecule has 0 aromatic carbocycles. The van der Waals surface area contributed by atoms with Gasteiger partial charge in [0.1, 0.15) is 0 Å². The fraction of sp³-hybridized carbons (Fsp3) is 1.00. The van der Waals surface area contributed by atoms with Crippen molar-refractivity contribution in [2.75, 3.05) is 38.7 Å². The lowest BCUT2D eigenvalue weighted by molar-refractivity contribution is 0.246. The minimum Gasteiger partial charge on any atom is -0.318 e.